The van der Waals surface area contributed by atoms with Crippen molar-refractivity contribution in [3.8, 4) is 0 Å². The zero-order chi connectivity index (χ0) is 41.8. The molecular formula is C43H83NO13. The third-order valence-electron chi connectivity index (χ3n) is 11.6. The lowest BCUT2D eigenvalue weighted by atomic mass is 9.97. The summed E-state index contributed by atoms with van der Waals surface area (Å²) in [6.45, 7) is 2.81. The summed E-state index contributed by atoms with van der Waals surface area (Å²) in [5.41, 5.74) is 0. The van der Waals surface area contributed by atoms with Crippen molar-refractivity contribution < 1.29 is 64.6 Å². The van der Waals surface area contributed by atoms with Crippen LogP contribution < -0.4 is 5.32 Å². The van der Waals surface area contributed by atoms with Crippen molar-refractivity contribution in [3.05, 3.63) is 0 Å². The first kappa shape index (κ1) is 52.1. The Morgan fingerprint density at radius 2 is 1.00 bits per heavy atom. The fourth-order valence-electron chi connectivity index (χ4n) is 7.76. The molecule has 14 heteroatoms. The fraction of sp³-hybridized carbons (Fsp3) is 0.977. The molecule has 0 saturated carbocycles. The van der Waals surface area contributed by atoms with Gasteiger partial charge in [0, 0.05) is 6.42 Å². The molecule has 0 aliphatic carbocycles. The minimum absolute atomic E-state index is 0.209. The Labute approximate surface area is 343 Å². The van der Waals surface area contributed by atoms with Crippen molar-refractivity contribution in [3.63, 3.8) is 0 Å². The Hall–Kier alpha value is -1.01. The van der Waals surface area contributed by atoms with Crippen LogP contribution in [0.5, 0.6) is 0 Å². The van der Waals surface area contributed by atoms with E-state index in [0.717, 1.165) is 51.4 Å². The minimum atomic E-state index is -1.78. The summed E-state index contributed by atoms with van der Waals surface area (Å²) in [6.07, 6.45) is 11.2. The van der Waals surface area contributed by atoms with Crippen molar-refractivity contribution in [2.45, 2.75) is 248 Å². The van der Waals surface area contributed by atoms with Crippen LogP contribution in [0.25, 0.3) is 0 Å². The molecule has 0 aromatic heterocycles. The molecule has 9 N–H and O–H groups in total. The van der Waals surface area contributed by atoms with Crippen LogP contribution in [0, 0.1) is 0 Å². The molecule has 0 aromatic carbocycles. The molecule has 2 aliphatic rings. The van der Waals surface area contributed by atoms with Crippen LogP contribution in [0.3, 0.4) is 0 Å². The van der Waals surface area contributed by atoms with E-state index in [1.807, 2.05) is 0 Å². The normalized spacial score (nSPS) is 29.0. The molecule has 2 rings (SSSR count). The van der Waals surface area contributed by atoms with E-state index >= 15 is 0 Å². The topological polar surface area (TPSA) is 228 Å². The molecule has 1 amide bonds. The SMILES string of the molecule is CCCCCCCCCCCCCCC[C@@H](O)[C@H](CO[C@@H]1O[C@H](CO)[C@@H](O[C@@H]2O[C@H](CO)[C@H](O)C(O)C2O)C(O)C1O)NC(=O)CCCCCCCCCCCC. The fourth-order valence-corrected chi connectivity index (χ4v) is 7.76. The van der Waals surface area contributed by atoms with Crippen LogP contribution in [0.15, 0.2) is 0 Å². The molecule has 57 heavy (non-hydrogen) atoms. The maximum absolute atomic E-state index is 13.1. The molecule has 0 bridgehead atoms. The predicted molar refractivity (Wildman–Crippen MR) is 217 cm³/mol. The third-order valence-corrected chi connectivity index (χ3v) is 11.6. The lowest BCUT2D eigenvalue weighted by Gasteiger charge is -2.46. The van der Waals surface area contributed by atoms with Crippen molar-refractivity contribution in [2.24, 2.45) is 0 Å². The van der Waals surface area contributed by atoms with E-state index in [9.17, 15) is 45.6 Å². The number of hydrogen-bond donors (Lipinski definition) is 9. The van der Waals surface area contributed by atoms with E-state index in [-0.39, 0.29) is 12.5 Å². The smallest absolute Gasteiger partial charge is 0.220 e. The summed E-state index contributed by atoms with van der Waals surface area (Å²) in [5, 5.41) is 86.5. The van der Waals surface area contributed by atoms with E-state index in [1.165, 1.54) is 96.3 Å². The van der Waals surface area contributed by atoms with E-state index in [4.69, 9.17) is 18.9 Å². The largest absolute Gasteiger partial charge is 0.394 e. The number of hydrogen-bond acceptors (Lipinski definition) is 13. The van der Waals surface area contributed by atoms with Gasteiger partial charge in [-0.05, 0) is 12.8 Å². The van der Waals surface area contributed by atoms with Crippen molar-refractivity contribution >= 4 is 5.91 Å². The van der Waals surface area contributed by atoms with Gasteiger partial charge in [-0.25, -0.2) is 0 Å². The molecule has 14 nitrogen and oxygen atoms in total. The summed E-state index contributed by atoms with van der Waals surface area (Å²) in [5.74, 6) is -0.209. The summed E-state index contributed by atoms with van der Waals surface area (Å²) in [7, 11) is 0. The zero-order valence-corrected chi connectivity index (χ0v) is 35.3. The number of amides is 1. The van der Waals surface area contributed by atoms with Gasteiger partial charge in [0.2, 0.25) is 5.91 Å². The summed E-state index contributed by atoms with van der Waals surface area (Å²) in [4.78, 5) is 13.1. The van der Waals surface area contributed by atoms with Gasteiger partial charge in [-0.3, -0.25) is 4.79 Å². The number of carbonyl (C=O) groups is 1. The zero-order valence-electron chi connectivity index (χ0n) is 35.3. The molecule has 2 saturated heterocycles. The number of nitrogens with one attached hydrogen (secondary N) is 1. The number of aliphatic hydroxyl groups excluding tert-OH is 8. The van der Waals surface area contributed by atoms with Crippen molar-refractivity contribution in [2.75, 3.05) is 19.8 Å². The third kappa shape index (κ3) is 20.4. The predicted octanol–water partition coefficient (Wildman–Crippen LogP) is 4.27. The molecule has 0 aromatic rings. The molecule has 2 heterocycles. The van der Waals surface area contributed by atoms with Gasteiger partial charge in [-0.1, -0.05) is 155 Å². The molecule has 12 atom stereocenters. The average molecular weight is 822 g/mol. The van der Waals surface area contributed by atoms with Gasteiger partial charge in [0.1, 0.15) is 48.8 Å². The van der Waals surface area contributed by atoms with Gasteiger partial charge in [0.15, 0.2) is 12.6 Å². The van der Waals surface area contributed by atoms with Crippen molar-refractivity contribution in [1.29, 1.82) is 0 Å². The van der Waals surface area contributed by atoms with Gasteiger partial charge < -0.3 is 65.1 Å². The average Bonchev–Trinajstić information content (AvgIpc) is 3.21. The Kier molecular flexibility index (Phi) is 29.1. The Balaban J connectivity index is 1.89. The van der Waals surface area contributed by atoms with Gasteiger partial charge in [-0.15, -0.1) is 0 Å². The first-order valence-electron chi connectivity index (χ1n) is 22.8. The molecule has 4 unspecified atom stereocenters. The van der Waals surface area contributed by atoms with Gasteiger partial charge in [-0.2, -0.15) is 0 Å². The van der Waals surface area contributed by atoms with Gasteiger partial charge >= 0.3 is 0 Å². The highest BCUT2D eigenvalue weighted by Crippen LogP contribution is 2.30. The minimum Gasteiger partial charge on any atom is -0.394 e. The number of rotatable bonds is 34. The quantitative estimate of drug-likeness (QED) is 0.0414. The molecular weight excluding hydrogens is 738 g/mol. The van der Waals surface area contributed by atoms with Gasteiger partial charge in [0.25, 0.3) is 0 Å². The Morgan fingerprint density at radius 1 is 0.561 bits per heavy atom. The van der Waals surface area contributed by atoms with E-state index in [0.29, 0.717) is 12.8 Å². The van der Waals surface area contributed by atoms with Crippen LogP contribution in [0.2, 0.25) is 0 Å². The maximum atomic E-state index is 13.1. The monoisotopic (exact) mass is 822 g/mol. The highest BCUT2D eigenvalue weighted by atomic mass is 16.7. The maximum Gasteiger partial charge on any atom is 0.220 e. The van der Waals surface area contributed by atoms with Gasteiger partial charge in [0.05, 0.1) is 32.0 Å². The van der Waals surface area contributed by atoms with Crippen LogP contribution in [0.1, 0.15) is 174 Å². The molecule has 338 valence electrons. The second-order valence-electron chi connectivity index (χ2n) is 16.5. The summed E-state index contributed by atoms with van der Waals surface area (Å²) >= 11 is 0. The Morgan fingerprint density at radius 3 is 1.49 bits per heavy atom. The Bertz CT molecular complexity index is 977. The van der Waals surface area contributed by atoms with Crippen molar-refractivity contribution in [1.82, 2.24) is 5.32 Å². The number of ether oxygens (including phenoxy) is 4. The molecule has 2 aliphatic heterocycles. The molecule has 2 fully saturated rings. The van der Waals surface area contributed by atoms with Crippen LogP contribution in [0.4, 0.5) is 0 Å². The first-order chi connectivity index (χ1) is 27.6. The summed E-state index contributed by atoms with van der Waals surface area (Å²) < 4.78 is 22.7. The number of carbonyl (C=O) groups excluding carboxylic acids is 1. The standard InChI is InChI=1S/C43H83NO13/c1-3-5-7-9-11-13-15-16-17-18-20-22-24-26-32(47)31(44-35(48)27-25-23-21-19-14-12-10-8-6-4-2)30-54-42-40(53)38(51)41(34(29-46)56-42)57-43-39(52)37(50)36(49)33(28-45)55-43/h31-34,36-43,45-47,49-53H,3-30H2,1-2H3,(H,44,48)/t31-,32+,33+,34+,36-,37?,38?,39?,40?,41+,42+,43-/m0/s1. The number of aliphatic hydroxyl groups is 8. The lowest BCUT2D eigenvalue weighted by Crippen LogP contribution is -2.65. The first-order valence-corrected chi connectivity index (χ1v) is 22.8. The highest BCUT2D eigenvalue weighted by molar-refractivity contribution is 5.76. The second-order valence-corrected chi connectivity index (χ2v) is 16.5. The lowest BCUT2D eigenvalue weighted by molar-refractivity contribution is -0.359. The van der Waals surface area contributed by atoms with E-state index in [1.54, 1.807) is 0 Å². The highest BCUT2D eigenvalue weighted by Gasteiger charge is 2.51. The second kappa shape index (κ2) is 31.8. The number of unbranched alkanes of at least 4 members (excludes halogenated alkanes) is 21. The van der Waals surface area contributed by atoms with E-state index in [2.05, 4.69) is 19.2 Å². The van der Waals surface area contributed by atoms with Crippen LogP contribution >= 0.6 is 0 Å². The summed E-state index contributed by atoms with van der Waals surface area (Å²) in [6, 6.07) is -0.818. The van der Waals surface area contributed by atoms with E-state index < -0.39 is 86.8 Å². The van der Waals surface area contributed by atoms with Crippen LogP contribution in [-0.2, 0) is 23.7 Å². The molecule has 0 radical (unpaired) electrons. The van der Waals surface area contributed by atoms with Crippen LogP contribution in [-0.4, -0.2) is 140 Å². The molecule has 0 spiro atoms.